The second kappa shape index (κ2) is 11.5. The normalized spacial score (nSPS) is 13.3. The molecule has 1 aliphatic rings. The molecule has 168 valence electrons. The van der Waals surface area contributed by atoms with Gasteiger partial charge in [0, 0.05) is 30.2 Å². The Morgan fingerprint density at radius 3 is 2.61 bits per heavy atom. The molecule has 1 aromatic carbocycles. The van der Waals surface area contributed by atoms with E-state index in [0.29, 0.717) is 16.2 Å². The van der Waals surface area contributed by atoms with E-state index in [1.165, 1.54) is 29.5 Å². The first-order chi connectivity index (χ1) is 15.0. The van der Waals surface area contributed by atoms with Crippen molar-refractivity contribution in [2.24, 2.45) is 0 Å². The average molecular weight is 464 g/mol. The van der Waals surface area contributed by atoms with Gasteiger partial charge in [0.25, 0.3) is 0 Å². The zero-order valence-electron chi connectivity index (χ0n) is 18.1. The maximum atomic E-state index is 12.5. The lowest BCUT2D eigenvalue weighted by atomic mass is 10.2. The van der Waals surface area contributed by atoms with Crippen LogP contribution in [0.4, 0.5) is 0 Å². The Hall–Kier alpha value is -2.06. The number of thioether (sulfide) groups is 1. The van der Waals surface area contributed by atoms with Crippen molar-refractivity contribution >= 4 is 35.2 Å². The smallest absolute Gasteiger partial charge is 0.239 e. The molecule has 1 saturated carbocycles. The number of nitrogens with one attached hydrogen (secondary N) is 1. The van der Waals surface area contributed by atoms with Gasteiger partial charge < -0.3 is 14.8 Å². The maximum absolute atomic E-state index is 12.5. The summed E-state index contributed by atoms with van der Waals surface area (Å²) in [6.45, 7) is 3.06. The minimum Gasteiger partial charge on any atom is -0.352 e. The molecular weight excluding hydrogens is 434 g/mol. The van der Waals surface area contributed by atoms with Gasteiger partial charge in [0.2, 0.25) is 11.8 Å². The van der Waals surface area contributed by atoms with Gasteiger partial charge in [-0.15, -0.1) is 10.2 Å². The Labute approximate surface area is 192 Å². The molecule has 31 heavy (non-hydrogen) atoms. The van der Waals surface area contributed by atoms with E-state index in [9.17, 15) is 9.59 Å². The first-order valence-corrected chi connectivity index (χ1v) is 12.2. The topological polar surface area (TPSA) is 80.1 Å². The SMILES string of the molecule is CCCCCCn1c(SCC(=O)N(C)CC(=O)NC2CC2)nnc1-c1ccc(Cl)cc1. The summed E-state index contributed by atoms with van der Waals surface area (Å²) in [6.07, 6.45) is 6.58. The van der Waals surface area contributed by atoms with Crippen LogP contribution in [0.2, 0.25) is 5.02 Å². The molecular formula is C22H30ClN5O2S. The molecule has 0 bridgehead atoms. The molecule has 3 rings (SSSR count). The van der Waals surface area contributed by atoms with E-state index >= 15 is 0 Å². The number of unbranched alkanes of at least 4 members (excludes halogenated alkanes) is 3. The van der Waals surface area contributed by atoms with Crippen molar-refractivity contribution in [3.8, 4) is 11.4 Å². The van der Waals surface area contributed by atoms with E-state index < -0.39 is 0 Å². The Morgan fingerprint density at radius 2 is 1.94 bits per heavy atom. The van der Waals surface area contributed by atoms with Crippen molar-refractivity contribution in [2.45, 2.75) is 63.2 Å². The Morgan fingerprint density at radius 1 is 1.19 bits per heavy atom. The lowest BCUT2D eigenvalue weighted by molar-refractivity contribution is -0.132. The van der Waals surface area contributed by atoms with Crippen LogP contribution in [0.3, 0.4) is 0 Å². The van der Waals surface area contributed by atoms with Crippen LogP contribution in [0.5, 0.6) is 0 Å². The van der Waals surface area contributed by atoms with E-state index in [1.807, 2.05) is 24.3 Å². The third-order valence-corrected chi connectivity index (χ3v) is 6.33. The third-order valence-electron chi connectivity index (χ3n) is 5.13. The van der Waals surface area contributed by atoms with Gasteiger partial charge >= 0.3 is 0 Å². The minimum atomic E-state index is -0.107. The third kappa shape index (κ3) is 7.25. The van der Waals surface area contributed by atoms with Crippen LogP contribution in [0.15, 0.2) is 29.4 Å². The Bertz CT molecular complexity index is 883. The highest BCUT2D eigenvalue weighted by Gasteiger charge is 2.24. The quantitative estimate of drug-likeness (QED) is 0.380. The van der Waals surface area contributed by atoms with Gasteiger partial charge in [-0.1, -0.05) is 49.5 Å². The van der Waals surface area contributed by atoms with Gasteiger partial charge in [0.15, 0.2) is 11.0 Å². The molecule has 0 saturated heterocycles. The highest BCUT2D eigenvalue weighted by Crippen LogP contribution is 2.26. The molecule has 9 heteroatoms. The lowest BCUT2D eigenvalue weighted by Gasteiger charge is -2.16. The number of amides is 2. The zero-order valence-corrected chi connectivity index (χ0v) is 19.7. The number of aromatic nitrogens is 3. The number of rotatable bonds is 12. The van der Waals surface area contributed by atoms with Crippen molar-refractivity contribution in [1.29, 1.82) is 0 Å². The Balaban J connectivity index is 1.63. The van der Waals surface area contributed by atoms with Crippen molar-refractivity contribution in [3.63, 3.8) is 0 Å². The predicted octanol–water partition coefficient (Wildman–Crippen LogP) is 4.01. The number of benzene rings is 1. The summed E-state index contributed by atoms with van der Waals surface area (Å²) in [5.74, 6) is 0.776. The average Bonchev–Trinajstić information content (AvgIpc) is 3.47. The molecule has 0 spiro atoms. The monoisotopic (exact) mass is 463 g/mol. The summed E-state index contributed by atoms with van der Waals surface area (Å²) in [7, 11) is 1.66. The van der Waals surface area contributed by atoms with Crippen LogP contribution in [0, 0.1) is 0 Å². The molecule has 0 atom stereocenters. The molecule has 2 aromatic rings. The van der Waals surface area contributed by atoms with E-state index in [1.54, 1.807) is 7.05 Å². The first-order valence-electron chi connectivity index (χ1n) is 10.8. The van der Waals surface area contributed by atoms with Gasteiger partial charge in [-0.3, -0.25) is 9.59 Å². The van der Waals surface area contributed by atoms with Crippen LogP contribution in [-0.2, 0) is 16.1 Å². The fourth-order valence-electron chi connectivity index (χ4n) is 3.15. The minimum absolute atomic E-state index is 0.0790. The second-order valence-corrected chi connectivity index (χ2v) is 9.28. The highest BCUT2D eigenvalue weighted by molar-refractivity contribution is 7.99. The molecule has 0 radical (unpaired) electrons. The predicted molar refractivity (Wildman–Crippen MR) is 124 cm³/mol. The number of carbonyl (C=O) groups excluding carboxylic acids is 2. The lowest BCUT2D eigenvalue weighted by Crippen LogP contribution is -2.39. The van der Waals surface area contributed by atoms with Crippen LogP contribution < -0.4 is 5.32 Å². The number of nitrogens with zero attached hydrogens (tertiary/aromatic N) is 4. The number of carbonyl (C=O) groups is 2. The highest BCUT2D eigenvalue weighted by atomic mass is 35.5. The number of hydrogen-bond donors (Lipinski definition) is 1. The van der Waals surface area contributed by atoms with Gasteiger partial charge in [-0.05, 0) is 43.5 Å². The van der Waals surface area contributed by atoms with Crippen LogP contribution in [0.25, 0.3) is 11.4 Å². The standard InChI is InChI=1S/C22H30ClN5O2S/c1-3-4-5-6-13-28-21(16-7-9-17(23)10-8-16)25-26-22(28)31-15-20(30)27(2)14-19(29)24-18-11-12-18/h7-10,18H,3-6,11-15H2,1-2H3,(H,24,29). The number of likely N-dealkylation sites (N-methyl/N-ethyl adjacent to an activating group) is 1. The summed E-state index contributed by atoms with van der Waals surface area (Å²) in [4.78, 5) is 25.9. The zero-order chi connectivity index (χ0) is 22.2. The molecule has 1 heterocycles. The maximum Gasteiger partial charge on any atom is 0.239 e. The van der Waals surface area contributed by atoms with Crippen molar-refractivity contribution in [2.75, 3.05) is 19.3 Å². The largest absolute Gasteiger partial charge is 0.352 e. The summed E-state index contributed by atoms with van der Waals surface area (Å²) < 4.78 is 2.08. The van der Waals surface area contributed by atoms with E-state index in [0.717, 1.165) is 43.6 Å². The van der Waals surface area contributed by atoms with Crippen LogP contribution in [-0.4, -0.2) is 56.9 Å². The molecule has 0 aliphatic heterocycles. The molecule has 1 fully saturated rings. The number of hydrogen-bond acceptors (Lipinski definition) is 5. The van der Waals surface area contributed by atoms with Gasteiger partial charge in [-0.25, -0.2) is 0 Å². The summed E-state index contributed by atoms with van der Waals surface area (Å²) in [5.41, 5.74) is 0.944. The molecule has 1 aromatic heterocycles. The molecule has 1 aliphatic carbocycles. The van der Waals surface area contributed by atoms with E-state index in [-0.39, 0.29) is 24.1 Å². The molecule has 2 amide bonds. The first kappa shape index (κ1) is 23.6. The molecule has 0 unspecified atom stereocenters. The van der Waals surface area contributed by atoms with Gasteiger partial charge in [-0.2, -0.15) is 0 Å². The molecule has 7 nitrogen and oxygen atoms in total. The van der Waals surface area contributed by atoms with Gasteiger partial charge in [0.1, 0.15) is 0 Å². The van der Waals surface area contributed by atoms with Gasteiger partial charge in [0.05, 0.1) is 12.3 Å². The van der Waals surface area contributed by atoms with Crippen LogP contribution >= 0.6 is 23.4 Å². The van der Waals surface area contributed by atoms with E-state index in [4.69, 9.17) is 11.6 Å². The number of halogens is 1. The van der Waals surface area contributed by atoms with Crippen LogP contribution in [0.1, 0.15) is 45.4 Å². The van der Waals surface area contributed by atoms with Crippen molar-refractivity contribution < 1.29 is 9.59 Å². The van der Waals surface area contributed by atoms with Crippen molar-refractivity contribution in [1.82, 2.24) is 25.0 Å². The molecule has 1 N–H and O–H groups in total. The summed E-state index contributed by atoms with van der Waals surface area (Å²) in [6, 6.07) is 7.83. The van der Waals surface area contributed by atoms with Crippen molar-refractivity contribution in [3.05, 3.63) is 29.3 Å². The fraction of sp³-hybridized carbons (Fsp3) is 0.545. The Kier molecular flexibility index (Phi) is 8.78. The second-order valence-electron chi connectivity index (χ2n) is 7.91. The van der Waals surface area contributed by atoms with E-state index in [2.05, 4.69) is 27.0 Å². The summed E-state index contributed by atoms with van der Waals surface area (Å²) >= 11 is 7.39. The summed E-state index contributed by atoms with van der Waals surface area (Å²) in [5, 5.41) is 13.0. The fourth-order valence-corrected chi connectivity index (χ4v) is 4.18.